The first-order valence-electron chi connectivity index (χ1n) is 7.05. The fraction of sp³-hybridized carbons (Fsp3) is 0.200. The van der Waals surface area contributed by atoms with Crippen LogP contribution in [0.5, 0.6) is 0 Å². The van der Waals surface area contributed by atoms with Crippen LogP contribution in [0.1, 0.15) is 11.1 Å². The molecule has 2 aromatic rings. The van der Waals surface area contributed by atoms with Crippen molar-refractivity contribution in [1.82, 2.24) is 0 Å². The molecule has 0 fully saturated rings. The van der Waals surface area contributed by atoms with Crippen LogP contribution in [-0.4, -0.2) is 23.1 Å². The lowest BCUT2D eigenvalue weighted by atomic mass is 10.1. The van der Waals surface area contributed by atoms with Crippen molar-refractivity contribution in [3.05, 3.63) is 53.6 Å². The molecular weight excluding hydrogens is 393 g/mol. The van der Waals surface area contributed by atoms with Gasteiger partial charge in [0.05, 0.1) is 21.0 Å². The molecule has 0 aliphatic carbocycles. The van der Waals surface area contributed by atoms with Gasteiger partial charge < -0.3 is 5.32 Å². The summed E-state index contributed by atoms with van der Waals surface area (Å²) in [6, 6.07) is 7.65. The summed E-state index contributed by atoms with van der Waals surface area (Å²) in [4.78, 5) is -0.644. The van der Waals surface area contributed by atoms with E-state index in [1.165, 1.54) is 18.2 Å². The van der Waals surface area contributed by atoms with Crippen molar-refractivity contribution in [3.63, 3.8) is 0 Å². The van der Waals surface area contributed by atoms with Crippen molar-refractivity contribution in [2.45, 2.75) is 22.5 Å². The molecule has 2 aromatic carbocycles. The molecule has 26 heavy (non-hydrogen) atoms. The van der Waals surface area contributed by atoms with Gasteiger partial charge in [0.15, 0.2) is 9.84 Å². The fourth-order valence-corrected chi connectivity index (χ4v) is 3.64. The lowest BCUT2D eigenvalue weighted by Gasteiger charge is -2.13. The Labute approximate surface area is 148 Å². The average Bonchev–Trinajstić information content (AvgIpc) is 2.50. The standard InChI is InChI=1S/C15H15F3N2O4S2/c1-25(21,22)14-8-12(26(19,23)24)6-7-13(14)20-9-10-2-4-11(5-3-10)15(16,17)18/h2-8,20H,9H2,1H3,(H2,19,23,24). The van der Waals surface area contributed by atoms with E-state index in [0.717, 1.165) is 30.5 Å². The predicted octanol–water partition coefficient (Wildman–Crippen LogP) is 2.37. The van der Waals surface area contributed by atoms with Gasteiger partial charge in [0, 0.05) is 12.8 Å². The molecule has 6 nitrogen and oxygen atoms in total. The maximum absolute atomic E-state index is 12.5. The minimum absolute atomic E-state index is 0.0371. The minimum Gasteiger partial charge on any atom is -0.380 e. The van der Waals surface area contributed by atoms with Crippen LogP contribution < -0.4 is 10.5 Å². The Bertz CT molecular complexity index is 1020. The highest BCUT2D eigenvalue weighted by Gasteiger charge is 2.29. The highest BCUT2D eigenvalue weighted by molar-refractivity contribution is 7.91. The third-order valence-electron chi connectivity index (χ3n) is 3.45. The quantitative estimate of drug-likeness (QED) is 0.790. The Morgan fingerprint density at radius 2 is 1.58 bits per heavy atom. The highest BCUT2D eigenvalue weighted by atomic mass is 32.2. The molecule has 0 unspecified atom stereocenters. The Hall–Kier alpha value is -2.11. The van der Waals surface area contributed by atoms with E-state index >= 15 is 0 Å². The van der Waals surface area contributed by atoms with Crippen LogP contribution in [0.2, 0.25) is 0 Å². The summed E-state index contributed by atoms with van der Waals surface area (Å²) in [6.07, 6.45) is -3.54. The van der Waals surface area contributed by atoms with E-state index in [2.05, 4.69) is 5.32 Å². The van der Waals surface area contributed by atoms with E-state index in [4.69, 9.17) is 5.14 Å². The van der Waals surface area contributed by atoms with Crippen LogP contribution >= 0.6 is 0 Å². The summed E-state index contributed by atoms with van der Waals surface area (Å²) < 4.78 is 84.2. The molecule has 0 saturated carbocycles. The Morgan fingerprint density at radius 1 is 1.00 bits per heavy atom. The monoisotopic (exact) mass is 408 g/mol. The van der Waals surface area contributed by atoms with Gasteiger partial charge in [-0.25, -0.2) is 22.0 Å². The maximum atomic E-state index is 12.5. The normalized spacial score (nSPS) is 12.8. The summed E-state index contributed by atoms with van der Waals surface area (Å²) in [7, 11) is -7.86. The Balaban J connectivity index is 2.29. The maximum Gasteiger partial charge on any atom is 0.416 e. The summed E-state index contributed by atoms with van der Waals surface area (Å²) in [5.74, 6) is 0. The first-order valence-corrected chi connectivity index (χ1v) is 10.5. The average molecular weight is 408 g/mol. The summed E-state index contributed by atoms with van der Waals surface area (Å²) >= 11 is 0. The molecule has 142 valence electrons. The molecule has 11 heteroatoms. The predicted molar refractivity (Wildman–Crippen MR) is 89.7 cm³/mol. The van der Waals surface area contributed by atoms with E-state index in [1.807, 2.05) is 0 Å². The Kier molecular flexibility index (Phi) is 5.36. The van der Waals surface area contributed by atoms with E-state index < -0.39 is 31.6 Å². The van der Waals surface area contributed by atoms with Crippen molar-refractivity contribution in [2.24, 2.45) is 5.14 Å². The largest absolute Gasteiger partial charge is 0.416 e. The summed E-state index contributed by atoms with van der Waals surface area (Å²) in [5, 5.41) is 7.78. The van der Waals surface area contributed by atoms with E-state index in [-0.39, 0.29) is 22.0 Å². The van der Waals surface area contributed by atoms with Gasteiger partial charge in [-0.3, -0.25) is 0 Å². The van der Waals surface area contributed by atoms with Gasteiger partial charge in [-0.1, -0.05) is 12.1 Å². The van der Waals surface area contributed by atoms with E-state index in [1.54, 1.807) is 0 Å². The zero-order valence-electron chi connectivity index (χ0n) is 13.4. The molecule has 2 rings (SSSR count). The summed E-state index contributed by atoms with van der Waals surface area (Å²) in [6.45, 7) is 0.0371. The van der Waals surface area contributed by atoms with Gasteiger partial charge in [0.25, 0.3) is 0 Å². The summed E-state index contributed by atoms with van der Waals surface area (Å²) in [5.41, 5.74) is -0.205. The number of sulfonamides is 1. The van der Waals surface area contributed by atoms with Crippen LogP contribution in [0.3, 0.4) is 0 Å². The number of sulfone groups is 1. The van der Waals surface area contributed by atoms with Gasteiger partial charge in [-0.2, -0.15) is 13.2 Å². The first kappa shape index (κ1) is 20.2. The lowest BCUT2D eigenvalue weighted by Crippen LogP contribution is -2.14. The number of halogens is 3. The number of primary sulfonamides is 1. The number of nitrogens with one attached hydrogen (secondary N) is 1. The molecule has 3 N–H and O–H groups in total. The molecule has 0 aliphatic heterocycles. The van der Waals surface area contributed by atoms with Gasteiger partial charge in [-0.05, 0) is 35.9 Å². The van der Waals surface area contributed by atoms with Crippen LogP contribution in [0.15, 0.2) is 52.3 Å². The molecule has 0 atom stereocenters. The molecule has 0 bridgehead atoms. The highest BCUT2D eigenvalue weighted by Crippen LogP contribution is 2.29. The molecule has 0 spiro atoms. The minimum atomic E-state index is -4.45. The number of nitrogens with two attached hydrogens (primary N) is 1. The van der Waals surface area contributed by atoms with E-state index in [9.17, 15) is 30.0 Å². The van der Waals surface area contributed by atoms with Crippen molar-refractivity contribution in [1.29, 1.82) is 0 Å². The number of rotatable bonds is 5. The fourth-order valence-electron chi connectivity index (χ4n) is 2.14. The second-order valence-electron chi connectivity index (χ2n) is 5.52. The second-order valence-corrected chi connectivity index (χ2v) is 9.07. The number of hydrogen-bond donors (Lipinski definition) is 2. The molecule has 0 saturated heterocycles. The molecule has 0 radical (unpaired) electrons. The van der Waals surface area contributed by atoms with Gasteiger partial charge >= 0.3 is 6.18 Å². The third-order valence-corrected chi connectivity index (χ3v) is 5.49. The second kappa shape index (κ2) is 6.89. The number of alkyl halides is 3. The van der Waals surface area contributed by atoms with Crippen molar-refractivity contribution >= 4 is 25.5 Å². The number of benzene rings is 2. The zero-order valence-corrected chi connectivity index (χ0v) is 15.0. The van der Waals surface area contributed by atoms with Crippen molar-refractivity contribution in [3.8, 4) is 0 Å². The van der Waals surface area contributed by atoms with Crippen LogP contribution in [0.25, 0.3) is 0 Å². The van der Waals surface area contributed by atoms with Crippen LogP contribution in [-0.2, 0) is 32.6 Å². The SMILES string of the molecule is CS(=O)(=O)c1cc(S(N)(=O)=O)ccc1NCc1ccc(C(F)(F)F)cc1. The molecule has 0 aliphatic rings. The molecule has 0 heterocycles. The third kappa shape index (κ3) is 4.96. The first-order chi connectivity index (χ1) is 11.8. The lowest BCUT2D eigenvalue weighted by molar-refractivity contribution is -0.137. The van der Waals surface area contributed by atoms with E-state index in [0.29, 0.717) is 5.56 Å². The van der Waals surface area contributed by atoms with Crippen LogP contribution in [0.4, 0.5) is 18.9 Å². The molecule has 0 amide bonds. The van der Waals surface area contributed by atoms with Crippen molar-refractivity contribution in [2.75, 3.05) is 11.6 Å². The van der Waals surface area contributed by atoms with Crippen molar-refractivity contribution < 1.29 is 30.0 Å². The number of hydrogen-bond acceptors (Lipinski definition) is 5. The topological polar surface area (TPSA) is 106 Å². The van der Waals surface area contributed by atoms with Gasteiger partial charge in [0.1, 0.15) is 0 Å². The van der Waals surface area contributed by atoms with Crippen LogP contribution in [0, 0.1) is 0 Å². The molecule has 0 aromatic heterocycles. The zero-order chi connectivity index (χ0) is 19.8. The molecular formula is C15H15F3N2O4S2. The Morgan fingerprint density at radius 3 is 2.04 bits per heavy atom. The number of anilines is 1. The van der Waals surface area contributed by atoms with Gasteiger partial charge in [0.2, 0.25) is 10.0 Å². The smallest absolute Gasteiger partial charge is 0.380 e. The van der Waals surface area contributed by atoms with Gasteiger partial charge in [-0.15, -0.1) is 0 Å².